The van der Waals surface area contributed by atoms with Crippen LogP contribution in [0, 0.1) is 4.78 Å². The molecular weight excluding hydrogens is 318 g/mol. The van der Waals surface area contributed by atoms with Gasteiger partial charge in [0.15, 0.2) is 0 Å². The number of aliphatic hydroxyl groups is 1. The van der Waals surface area contributed by atoms with Crippen LogP contribution in [0.5, 0.6) is 0 Å². The van der Waals surface area contributed by atoms with Crippen LogP contribution < -0.4 is 0 Å². The van der Waals surface area contributed by atoms with Gasteiger partial charge in [-0.1, -0.05) is 78.9 Å². The molecule has 0 aliphatic carbocycles. The number of rotatable bonds is 5. The molecule has 0 radical (unpaired) electrons. The molecule has 0 heterocycles. The molecule has 0 aliphatic heterocycles. The van der Waals surface area contributed by atoms with E-state index in [0.717, 1.165) is 0 Å². The summed E-state index contributed by atoms with van der Waals surface area (Å²) in [5, 5.41) is 11.5. The molecule has 0 spiro atoms. The monoisotopic (exact) mass is 337 g/mol. The lowest BCUT2D eigenvalue weighted by Crippen LogP contribution is -2.35. The average molecular weight is 337 g/mol. The van der Waals surface area contributed by atoms with Crippen molar-refractivity contribution in [2.75, 3.05) is 5.75 Å². The molecule has 4 heteroatoms. The van der Waals surface area contributed by atoms with Crippen molar-refractivity contribution in [3.63, 3.8) is 0 Å². The fourth-order valence-corrected chi connectivity index (χ4v) is 4.46. The summed E-state index contributed by atoms with van der Waals surface area (Å²) in [6.45, 7) is 0. The van der Waals surface area contributed by atoms with Crippen molar-refractivity contribution in [1.29, 1.82) is 4.78 Å². The van der Waals surface area contributed by atoms with Gasteiger partial charge in [-0.3, -0.25) is 0 Å². The van der Waals surface area contributed by atoms with Crippen molar-refractivity contribution in [3.05, 3.63) is 102 Å². The lowest BCUT2D eigenvalue weighted by atomic mass is 9.88. The standard InChI is InChI=1S/C20H19NO2S/c21-24(23,19-14-8-3-9-15-19)16-20(22,17-10-4-1-5-11-17)18-12-6-2-7-13-18/h1-15,21-22H,16H2. The van der Waals surface area contributed by atoms with E-state index in [1.807, 2.05) is 42.5 Å². The van der Waals surface area contributed by atoms with E-state index < -0.39 is 15.3 Å². The Morgan fingerprint density at radius 2 is 1.12 bits per heavy atom. The summed E-state index contributed by atoms with van der Waals surface area (Å²) in [6.07, 6.45) is 0. The Balaban J connectivity index is 2.10. The van der Waals surface area contributed by atoms with Gasteiger partial charge in [-0.15, -0.1) is 0 Å². The van der Waals surface area contributed by atoms with Gasteiger partial charge in [-0.05, 0) is 23.3 Å². The summed E-state index contributed by atoms with van der Waals surface area (Å²) in [5.74, 6) is -0.196. The molecule has 122 valence electrons. The highest BCUT2D eigenvalue weighted by Gasteiger charge is 2.35. The van der Waals surface area contributed by atoms with Gasteiger partial charge in [0.2, 0.25) is 0 Å². The quantitative estimate of drug-likeness (QED) is 0.738. The van der Waals surface area contributed by atoms with Gasteiger partial charge in [0, 0.05) is 4.90 Å². The highest BCUT2D eigenvalue weighted by molar-refractivity contribution is 7.92. The summed E-state index contributed by atoms with van der Waals surface area (Å²) in [7, 11) is -3.16. The third-order valence-corrected chi connectivity index (χ3v) is 5.90. The Kier molecular flexibility index (Phi) is 4.51. The maximum Gasteiger partial charge on any atom is 0.127 e. The molecular formula is C20H19NO2S. The zero-order valence-electron chi connectivity index (χ0n) is 13.1. The van der Waals surface area contributed by atoms with Crippen molar-refractivity contribution in [1.82, 2.24) is 0 Å². The van der Waals surface area contributed by atoms with Gasteiger partial charge >= 0.3 is 0 Å². The van der Waals surface area contributed by atoms with Crippen LogP contribution in [0.4, 0.5) is 0 Å². The minimum Gasteiger partial charge on any atom is -0.379 e. The van der Waals surface area contributed by atoms with Crippen molar-refractivity contribution >= 4 is 9.73 Å². The predicted octanol–water partition coefficient (Wildman–Crippen LogP) is 4.03. The normalized spacial score (nSPS) is 14.0. The van der Waals surface area contributed by atoms with Gasteiger partial charge in [-0.2, -0.15) is 0 Å². The smallest absolute Gasteiger partial charge is 0.127 e. The van der Waals surface area contributed by atoms with E-state index in [2.05, 4.69) is 0 Å². The van der Waals surface area contributed by atoms with Gasteiger partial charge in [0.05, 0.1) is 15.5 Å². The molecule has 3 aromatic carbocycles. The van der Waals surface area contributed by atoms with Crippen LogP contribution in [-0.4, -0.2) is 15.1 Å². The van der Waals surface area contributed by atoms with Crippen LogP contribution >= 0.6 is 0 Å². The Morgan fingerprint density at radius 1 is 0.750 bits per heavy atom. The topological polar surface area (TPSA) is 61.2 Å². The largest absolute Gasteiger partial charge is 0.379 e. The second-order valence-electron chi connectivity index (χ2n) is 5.72. The van der Waals surface area contributed by atoms with Crippen LogP contribution in [0.15, 0.2) is 95.9 Å². The Labute approximate surface area is 142 Å². The maximum absolute atomic E-state index is 13.1. The molecule has 2 N–H and O–H groups in total. The van der Waals surface area contributed by atoms with Crippen LogP contribution in [0.25, 0.3) is 0 Å². The molecule has 24 heavy (non-hydrogen) atoms. The number of benzene rings is 3. The van der Waals surface area contributed by atoms with Crippen molar-refractivity contribution in [2.24, 2.45) is 0 Å². The van der Waals surface area contributed by atoms with Crippen LogP contribution in [0.3, 0.4) is 0 Å². The highest BCUT2D eigenvalue weighted by atomic mass is 32.2. The fourth-order valence-electron chi connectivity index (χ4n) is 2.78. The fraction of sp³-hybridized carbons (Fsp3) is 0.100. The van der Waals surface area contributed by atoms with E-state index >= 15 is 0 Å². The third kappa shape index (κ3) is 3.25. The predicted molar refractivity (Wildman–Crippen MR) is 96.3 cm³/mol. The van der Waals surface area contributed by atoms with Crippen LogP contribution in [0.2, 0.25) is 0 Å². The molecule has 0 fully saturated rings. The molecule has 0 aliphatic rings. The van der Waals surface area contributed by atoms with E-state index in [1.165, 1.54) is 0 Å². The molecule has 3 aromatic rings. The summed E-state index contributed by atoms with van der Waals surface area (Å²) in [4.78, 5) is 0.426. The average Bonchev–Trinajstić information content (AvgIpc) is 2.63. The van der Waals surface area contributed by atoms with E-state index in [4.69, 9.17) is 4.78 Å². The Bertz CT molecular complexity index is 853. The Hall–Kier alpha value is -2.43. The second-order valence-corrected chi connectivity index (χ2v) is 7.84. The summed E-state index contributed by atoms with van der Waals surface area (Å²) in [5.41, 5.74) is -0.226. The molecule has 0 saturated heterocycles. The molecule has 1 atom stereocenters. The first-order chi connectivity index (χ1) is 11.5. The van der Waals surface area contributed by atoms with Crippen molar-refractivity contribution < 1.29 is 9.32 Å². The SMILES string of the molecule is N=S(=O)(CC(O)(c1ccccc1)c1ccccc1)c1ccccc1. The van der Waals surface area contributed by atoms with Crippen LogP contribution in [0.1, 0.15) is 11.1 Å². The summed E-state index contributed by atoms with van der Waals surface area (Å²) >= 11 is 0. The minimum atomic E-state index is -3.16. The zero-order chi connectivity index (χ0) is 17.0. The minimum absolute atomic E-state index is 0.196. The zero-order valence-corrected chi connectivity index (χ0v) is 13.9. The van der Waals surface area contributed by atoms with E-state index in [9.17, 15) is 9.32 Å². The van der Waals surface area contributed by atoms with Crippen molar-refractivity contribution in [2.45, 2.75) is 10.5 Å². The molecule has 3 nitrogen and oxygen atoms in total. The summed E-state index contributed by atoms with van der Waals surface area (Å²) < 4.78 is 21.4. The number of hydrogen-bond acceptors (Lipinski definition) is 3. The first kappa shape index (κ1) is 16.4. The molecule has 3 rings (SSSR count). The van der Waals surface area contributed by atoms with Gasteiger partial charge in [0.25, 0.3) is 0 Å². The third-order valence-electron chi connectivity index (χ3n) is 4.04. The van der Waals surface area contributed by atoms with Gasteiger partial charge in [0.1, 0.15) is 5.60 Å². The van der Waals surface area contributed by atoms with Crippen LogP contribution in [-0.2, 0) is 15.3 Å². The maximum atomic E-state index is 13.1. The molecule has 1 unspecified atom stereocenters. The lowest BCUT2D eigenvalue weighted by Gasteiger charge is -2.30. The summed E-state index contributed by atoms with van der Waals surface area (Å²) in [6, 6.07) is 26.9. The second kappa shape index (κ2) is 6.59. The lowest BCUT2D eigenvalue weighted by molar-refractivity contribution is 0.106. The van der Waals surface area contributed by atoms with Gasteiger partial charge < -0.3 is 5.11 Å². The highest BCUT2D eigenvalue weighted by Crippen LogP contribution is 2.33. The van der Waals surface area contributed by atoms with E-state index in [0.29, 0.717) is 16.0 Å². The molecule has 0 aromatic heterocycles. The van der Waals surface area contributed by atoms with Crippen molar-refractivity contribution in [3.8, 4) is 0 Å². The molecule has 0 saturated carbocycles. The van der Waals surface area contributed by atoms with E-state index in [-0.39, 0.29) is 5.75 Å². The number of nitrogens with one attached hydrogen (secondary N) is 1. The molecule has 0 amide bonds. The molecule has 0 bridgehead atoms. The Morgan fingerprint density at radius 3 is 1.54 bits per heavy atom. The number of hydrogen-bond donors (Lipinski definition) is 2. The first-order valence-corrected chi connectivity index (χ1v) is 9.40. The van der Waals surface area contributed by atoms with E-state index in [1.54, 1.807) is 48.5 Å². The van der Waals surface area contributed by atoms with Gasteiger partial charge in [-0.25, -0.2) is 8.99 Å². The first-order valence-electron chi connectivity index (χ1n) is 7.67.